The van der Waals surface area contributed by atoms with E-state index >= 15 is 0 Å². The van der Waals surface area contributed by atoms with Crippen LogP contribution in [0.15, 0.2) is 59.8 Å². The van der Waals surface area contributed by atoms with E-state index in [1.54, 1.807) is 10.4 Å². The van der Waals surface area contributed by atoms with E-state index in [2.05, 4.69) is 88.5 Å². The number of benzene rings is 2. The Morgan fingerprint density at radius 3 is 2.09 bits per heavy atom. The van der Waals surface area contributed by atoms with Gasteiger partial charge in [-0.3, -0.25) is 0 Å². The van der Waals surface area contributed by atoms with Crippen LogP contribution in [0.4, 0.5) is 0 Å². The second kappa shape index (κ2) is 5.97. The van der Waals surface area contributed by atoms with E-state index in [1.807, 2.05) is 0 Å². The van der Waals surface area contributed by atoms with E-state index < -0.39 is 8.07 Å². The Balaban J connectivity index is 2.17. The van der Waals surface area contributed by atoms with Gasteiger partial charge in [0.05, 0.1) is 0 Å². The van der Waals surface area contributed by atoms with Crippen LogP contribution in [0.5, 0.6) is 0 Å². The first-order valence-corrected chi connectivity index (χ1v) is 11.4. The molecule has 0 amide bonds. The van der Waals surface area contributed by atoms with Crippen LogP contribution in [0.1, 0.15) is 28.7 Å². The lowest BCUT2D eigenvalue weighted by atomic mass is 10.1. The molecule has 0 saturated carbocycles. The van der Waals surface area contributed by atoms with Crippen molar-refractivity contribution in [2.45, 2.75) is 40.3 Å². The fraction of sp³-hybridized carbons (Fsp3) is 0.273. The van der Waals surface area contributed by atoms with E-state index in [0.29, 0.717) is 0 Å². The molecular formula is C22H26Si. The predicted molar refractivity (Wildman–Crippen MR) is 105 cm³/mol. The molecule has 0 aromatic heterocycles. The van der Waals surface area contributed by atoms with Crippen molar-refractivity contribution in [3.8, 4) is 0 Å². The minimum atomic E-state index is -1.69. The molecule has 0 N–H and O–H groups in total. The maximum atomic E-state index is 2.52. The number of rotatable bonds is 3. The van der Waals surface area contributed by atoms with E-state index in [9.17, 15) is 0 Å². The summed E-state index contributed by atoms with van der Waals surface area (Å²) in [5, 5.41) is 3.29. The number of hydrogen-bond acceptors (Lipinski definition) is 0. The quantitative estimate of drug-likeness (QED) is 0.657. The summed E-state index contributed by atoms with van der Waals surface area (Å²) in [5.74, 6) is 0. The van der Waals surface area contributed by atoms with Gasteiger partial charge < -0.3 is 0 Å². The van der Waals surface area contributed by atoms with E-state index in [1.165, 1.54) is 27.8 Å². The molecule has 1 aliphatic rings. The van der Waals surface area contributed by atoms with E-state index in [4.69, 9.17) is 0 Å². The van der Waals surface area contributed by atoms with Gasteiger partial charge in [0.2, 0.25) is 0 Å². The molecule has 0 atom stereocenters. The first-order chi connectivity index (χ1) is 10.9. The topological polar surface area (TPSA) is 0 Å². The van der Waals surface area contributed by atoms with Crippen LogP contribution in [0, 0.1) is 20.8 Å². The molecular weight excluding hydrogens is 292 g/mol. The van der Waals surface area contributed by atoms with Crippen LogP contribution in [-0.2, 0) is 0 Å². The number of hydrogen-bond donors (Lipinski definition) is 0. The van der Waals surface area contributed by atoms with Crippen LogP contribution in [0.25, 0.3) is 5.57 Å². The number of aryl methyl sites for hydroxylation is 3. The van der Waals surface area contributed by atoms with Crippen molar-refractivity contribution in [1.82, 2.24) is 0 Å². The summed E-state index contributed by atoms with van der Waals surface area (Å²) < 4.78 is 0. The summed E-state index contributed by atoms with van der Waals surface area (Å²) in [7, 11) is -1.69. The zero-order valence-electron chi connectivity index (χ0n) is 14.9. The third-order valence-electron chi connectivity index (χ3n) is 5.07. The summed E-state index contributed by atoms with van der Waals surface area (Å²) >= 11 is 0. The van der Waals surface area contributed by atoms with Crippen molar-refractivity contribution in [3.63, 3.8) is 0 Å². The van der Waals surface area contributed by atoms with E-state index in [-0.39, 0.29) is 0 Å². The van der Waals surface area contributed by atoms with Gasteiger partial charge in [-0.2, -0.15) is 0 Å². The Morgan fingerprint density at radius 2 is 1.48 bits per heavy atom. The highest BCUT2D eigenvalue weighted by Gasteiger charge is 2.34. The van der Waals surface area contributed by atoms with Crippen LogP contribution in [0.2, 0.25) is 13.1 Å². The highest BCUT2D eigenvalue weighted by atomic mass is 28.3. The maximum Gasteiger partial charge on any atom is 0.109 e. The zero-order chi connectivity index (χ0) is 16.6. The normalized spacial score (nSPS) is 14.7. The minimum absolute atomic E-state index is 1.11. The summed E-state index contributed by atoms with van der Waals surface area (Å²) in [6.07, 6.45) is 5.78. The van der Waals surface area contributed by atoms with Gasteiger partial charge in [-0.05, 0) is 43.5 Å². The Bertz CT molecular complexity index is 769. The molecule has 0 nitrogen and oxygen atoms in total. The summed E-state index contributed by atoms with van der Waals surface area (Å²) in [5.41, 5.74) is 7.12. The van der Waals surface area contributed by atoms with Crippen molar-refractivity contribution < 1.29 is 0 Å². The molecule has 0 bridgehead atoms. The lowest BCUT2D eigenvalue weighted by Gasteiger charge is -2.30. The lowest BCUT2D eigenvalue weighted by molar-refractivity contribution is 1.32. The summed E-state index contributed by atoms with van der Waals surface area (Å²) in [6.45, 7) is 11.8. The molecule has 118 valence electrons. The van der Waals surface area contributed by atoms with Gasteiger partial charge in [-0.1, -0.05) is 89.6 Å². The molecule has 0 saturated heterocycles. The zero-order valence-corrected chi connectivity index (χ0v) is 15.9. The van der Waals surface area contributed by atoms with Gasteiger partial charge in [0.15, 0.2) is 0 Å². The molecule has 0 spiro atoms. The number of allylic oxidation sites excluding steroid dienone is 4. The second-order valence-electron chi connectivity index (χ2n) is 7.26. The predicted octanol–water partition coefficient (Wildman–Crippen LogP) is 5.48. The molecule has 1 heteroatoms. The molecule has 0 aliphatic heterocycles. The second-order valence-corrected chi connectivity index (χ2v) is 11.6. The van der Waals surface area contributed by atoms with Gasteiger partial charge in [0.1, 0.15) is 8.07 Å². The van der Waals surface area contributed by atoms with Crippen LogP contribution in [0.3, 0.4) is 0 Å². The average molecular weight is 319 g/mol. The third kappa shape index (κ3) is 2.86. The molecule has 2 aromatic rings. The SMILES string of the molecule is Cc1cc(C)c([Si](C)(C)C2=C(c3ccccc3)C=CC2)c(C)c1. The van der Waals surface area contributed by atoms with Crippen molar-refractivity contribution >= 4 is 18.8 Å². The summed E-state index contributed by atoms with van der Waals surface area (Å²) in [6, 6.07) is 15.6. The summed E-state index contributed by atoms with van der Waals surface area (Å²) in [4.78, 5) is 0. The van der Waals surface area contributed by atoms with Gasteiger partial charge >= 0.3 is 0 Å². The molecule has 0 heterocycles. The van der Waals surface area contributed by atoms with Crippen molar-refractivity contribution in [2.75, 3.05) is 0 Å². The largest absolute Gasteiger partial charge is 0.109 e. The smallest absolute Gasteiger partial charge is 0.0802 e. The maximum absolute atomic E-state index is 2.52. The Morgan fingerprint density at radius 1 is 0.870 bits per heavy atom. The first-order valence-electron chi connectivity index (χ1n) is 8.45. The van der Waals surface area contributed by atoms with Crippen molar-refractivity contribution in [2.24, 2.45) is 0 Å². The molecule has 0 radical (unpaired) electrons. The monoisotopic (exact) mass is 318 g/mol. The molecule has 1 aliphatic carbocycles. The average Bonchev–Trinajstić information content (AvgIpc) is 2.97. The molecule has 0 fully saturated rings. The van der Waals surface area contributed by atoms with Crippen molar-refractivity contribution in [3.05, 3.63) is 82.1 Å². The standard InChI is InChI=1S/C22H26Si/c1-16-14-17(2)22(18(3)15-16)23(4,5)21-13-9-12-20(21)19-10-7-6-8-11-19/h6-12,14-15H,13H2,1-5H3. The van der Waals surface area contributed by atoms with E-state index in [0.717, 1.165) is 6.42 Å². The highest BCUT2D eigenvalue weighted by Crippen LogP contribution is 2.35. The van der Waals surface area contributed by atoms with Crippen LogP contribution in [-0.4, -0.2) is 8.07 Å². The van der Waals surface area contributed by atoms with Gasteiger partial charge in [-0.15, -0.1) is 0 Å². The molecule has 2 aromatic carbocycles. The highest BCUT2D eigenvalue weighted by molar-refractivity contribution is 6.97. The van der Waals surface area contributed by atoms with Crippen molar-refractivity contribution in [1.29, 1.82) is 0 Å². The Kier molecular flexibility index (Phi) is 4.16. The third-order valence-corrected chi connectivity index (χ3v) is 9.09. The molecule has 0 unspecified atom stereocenters. The Labute approximate surface area is 141 Å². The molecule has 23 heavy (non-hydrogen) atoms. The van der Waals surface area contributed by atoms with Crippen LogP contribution < -0.4 is 5.19 Å². The first kappa shape index (κ1) is 16.0. The van der Waals surface area contributed by atoms with Gasteiger partial charge in [0, 0.05) is 0 Å². The van der Waals surface area contributed by atoms with Gasteiger partial charge in [-0.25, -0.2) is 0 Å². The van der Waals surface area contributed by atoms with Gasteiger partial charge in [0.25, 0.3) is 0 Å². The fourth-order valence-electron chi connectivity index (χ4n) is 4.30. The lowest BCUT2D eigenvalue weighted by Crippen LogP contribution is -2.47. The fourth-order valence-corrected chi connectivity index (χ4v) is 8.25. The minimum Gasteiger partial charge on any atom is -0.0802 e. The Hall–Kier alpha value is -1.86. The van der Waals surface area contributed by atoms with Crippen LogP contribution >= 0.6 is 0 Å². The molecule has 3 rings (SSSR count).